The van der Waals surface area contributed by atoms with E-state index < -0.39 is 20.4 Å². The fourth-order valence-electron chi connectivity index (χ4n) is 1.99. The number of hydrogen-bond donors (Lipinski definition) is 1. The Morgan fingerprint density at radius 2 is 2.00 bits per heavy atom. The average Bonchev–Trinajstić information content (AvgIpc) is 2.25. The Hall–Kier alpha value is -1.67. The molecule has 0 spiro atoms. The van der Waals surface area contributed by atoms with Gasteiger partial charge in [-0.1, -0.05) is 6.07 Å². The van der Waals surface area contributed by atoms with E-state index in [-0.39, 0.29) is 16.6 Å². The number of nitro benzene ring substituents is 1. The van der Waals surface area contributed by atoms with Gasteiger partial charge in [0.2, 0.25) is 0 Å². The van der Waals surface area contributed by atoms with E-state index in [1.807, 2.05) is 25.9 Å². The minimum absolute atomic E-state index is 0.0569. The summed E-state index contributed by atoms with van der Waals surface area (Å²) in [5.74, 6) is 0. The first-order chi connectivity index (χ1) is 9.12. The molecule has 1 unspecified atom stereocenters. The molecule has 0 fully saturated rings. The maximum Gasteiger partial charge on any atom is 0.310 e. The van der Waals surface area contributed by atoms with Gasteiger partial charge in [0, 0.05) is 18.8 Å². The second kappa shape index (κ2) is 6.19. The lowest BCUT2D eigenvalue weighted by Crippen LogP contribution is -2.30. The summed E-state index contributed by atoms with van der Waals surface area (Å²) in [6, 6.07) is 4.20. The van der Waals surface area contributed by atoms with E-state index in [4.69, 9.17) is 0 Å². The first-order valence-corrected chi connectivity index (χ1v) is 7.90. The van der Waals surface area contributed by atoms with Crippen molar-refractivity contribution in [3.8, 4) is 0 Å². The Morgan fingerprint density at radius 3 is 2.45 bits per heavy atom. The zero-order valence-electron chi connectivity index (χ0n) is 12.0. The molecule has 0 aromatic heterocycles. The first-order valence-electron chi connectivity index (χ1n) is 6.01. The molecule has 0 amide bonds. The standard InChI is InChI=1S/C12H19N3O4S/c1-9(8-14(2)3)13-10-6-5-7-11(20(4,18)19)12(10)15(16)17/h5-7,9,13H,8H2,1-4H3. The number of rotatable bonds is 6. The van der Waals surface area contributed by atoms with Crippen LogP contribution in [0.4, 0.5) is 11.4 Å². The van der Waals surface area contributed by atoms with Crippen LogP contribution in [0.15, 0.2) is 23.1 Å². The minimum atomic E-state index is -3.65. The number of likely N-dealkylation sites (N-methyl/N-ethyl adjacent to an activating group) is 1. The molecule has 1 aromatic carbocycles. The number of para-hydroxylation sites is 1. The van der Waals surface area contributed by atoms with Crippen molar-refractivity contribution in [1.82, 2.24) is 4.90 Å². The Bertz CT molecular complexity index is 599. The van der Waals surface area contributed by atoms with Gasteiger partial charge in [-0.3, -0.25) is 10.1 Å². The van der Waals surface area contributed by atoms with E-state index in [1.165, 1.54) is 18.2 Å². The van der Waals surface area contributed by atoms with Crippen LogP contribution in [0.5, 0.6) is 0 Å². The molecule has 0 saturated carbocycles. The van der Waals surface area contributed by atoms with Crippen LogP contribution in [-0.2, 0) is 9.84 Å². The van der Waals surface area contributed by atoms with Crippen molar-refractivity contribution in [3.63, 3.8) is 0 Å². The van der Waals surface area contributed by atoms with E-state index in [9.17, 15) is 18.5 Å². The zero-order valence-corrected chi connectivity index (χ0v) is 12.8. The SMILES string of the molecule is CC(CN(C)C)Nc1cccc(S(C)(=O)=O)c1[N+](=O)[O-]. The fourth-order valence-corrected chi connectivity index (χ4v) is 2.85. The lowest BCUT2D eigenvalue weighted by Gasteiger charge is -2.19. The quantitative estimate of drug-likeness (QED) is 0.630. The van der Waals surface area contributed by atoms with Crippen molar-refractivity contribution >= 4 is 21.2 Å². The Balaban J connectivity index is 3.24. The van der Waals surface area contributed by atoms with E-state index >= 15 is 0 Å². The number of sulfone groups is 1. The van der Waals surface area contributed by atoms with E-state index in [2.05, 4.69) is 5.32 Å². The van der Waals surface area contributed by atoms with Crippen molar-refractivity contribution in [1.29, 1.82) is 0 Å². The summed E-state index contributed by atoms with van der Waals surface area (Å²) in [6.45, 7) is 2.54. The highest BCUT2D eigenvalue weighted by Gasteiger charge is 2.26. The Morgan fingerprint density at radius 1 is 1.40 bits per heavy atom. The third kappa shape index (κ3) is 4.17. The molecule has 1 aromatic rings. The number of hydrogen-bond acceptors (Lipinski definition) is 6. The van der Waals surface area contributed by atoms with Crippen molar-refractivity contribution in [2.24, 2.45) is 0 Å². The largest absolute Gasteiger partial charge is 0.376 e. The van der Waals surface area contributed by atoms with Crippen molar-refractivity contribution < 1.29 is 13.3 Å². The van der Waals surface area contributed by atoms with E-state index in [0.717, 1.165) is 6.26 Å². The number of nitrogens with zero attached hydrogens (tertiary/aromatic N) is 2. The smallest absolute Gasteiger partial charge is 0.310 e. The molecule has 1 N–H and O–H groups in total. The molecule has 1 rings (SSSR count). The molecule has 8 heteroatoms. The second-order valence-corrected chi connectivity index (χ2v) is 6.97. The van der Waals surface area contributed by atoms with Crippen LogP contribution in [0.3, 0.4) is 0 Å². The molecular formula is C12H19N3O4S. The summed E-state index contributed by atoms with van der Waals surface area (Å²) in [6.07, 6.45) is 0.961. The van der Waals surface area contributed by atoms with Crippen molar-refractivity contribution in [2.45, 2.75) is 17.9 Å². The summed E-state index contributed by atoms with van der Waals surface area (Å²) in [5.41, 5.74) is -0.187. The van der Waals surface area contributed by atoms with Crippen LogP contribution < -0.4 is 5.32 Å². The lowest BCUT2D eigenvalue weighted by molar-refractivity contribution is -0.386. The van der Waals surface area contributed by atoms with Gasteiger partial charge in [-0.15, -0.1) is 0 Å². The fraction of sp³-hybridized carbons (Fsp3) is 0.500. The van der Waals surface area contributed by atoms with Crippen molar-refractivity contribution in [2.75, 3.05) is 32.2 Å². The van der Waals surface area contributed by atoms with Gasteiger partial charge in [-0.25, -0.2) is 8.42 Å². The predicted molar refractivity (Wildman–Crippen MR) is 77.8 cm³/mol. The third-order valence-corrected chi connectivity index (χ3v) is 3.75. The molecule has 0 heterocycles. The molecule has 7 nitrogen and oxygen atoms in total. The second-order valence-electron chi connectivity index (χ2n) is 4.99. The topological polar surface area (TPSA) is 92.6 Å². The molecule has 1 atom stereocenters. The number of anilines is 1. The summed E-state index contributed by atoms with van der Waals surface area (Å²) < 4.78 is 23.3. The zero-order chi connectivity index (χ0) is 15.5. The maximum atomic E-state index is 11.6. The van der Waals surface area contributed by atoms with Crippen molar-refractivity contribution in [3.05, 3.63) is 28.3 Å². The minimum Gasteiger partial charge on any atom is -0.376 e. The van der Waals surface area contributed by atoms with Gasteiger partial charge in [0.1, 0.15) is 10.6 Å². The third-order valence-electron chi connectivity index (χ3n) is 2.62. The molecule has 0 aliphatic heterocycles. The van der Waals surface area contributed by atoms with Crippen LogP contribution in [0.25, 0.3) is 0 Å². The number of benzene rings is 1. The van der Waals surface area contributed by atoms with Gasteiger partial charge < -0.3 is 10.2 Å². The van der Waals surface area contributed by atoms with Crippen LogP contribution in [0, 0.1) is 10.1 Å². The molecule has 112 valence electrons. The van der Waals surface area contributed by atoms with Crippen LogP contribution >= 0.6 is 0 Å². The molecule has 0 radical (unpaired) electrons. The monoisotopic (exact) mass is 301 g/mol. The van der Waals surface area contributed by atoms with Crippen LogP contribution in [-0.4, -0.2) is 51.2 Å². The van der Waals surface area contributed by atoms with Crippen LogP contribution in [0.1, 0.15) is 6.92 Å². The summed E-state index contributed by atoms with van der Waals surface area (Å²) in [7, 11) is 0.125. The molecular weight excluding hydrogens is 282 g/mol. The number of nitrogens with one attached hydrogen (secondary N) is 1. The number of nitro groups is 1. The van der Waals surface area contributed by atoms with Gasteiger partial charge in [0.15, 0.2) is 9.84 Å². The summed E-state index contributed by atoms with van der Waals surface area (Å²) in [5, 5.41) is 14.2. The van der Waals surface area contributed by atoms with Gasteiger partial charge in [-0.05, 0) is 33.2 Å². The molecule has 20 heavy (non-hydrogen) atoms. The first kappa shape index (κ1) is 16.4. The highest BCUT2D eigenvalue weighted by Crippen LogP contribution is 2.32. The molecule has 0 aliphatic rings. The Kier molecular flexibility index (Phi) is 5.07. The summed E-state index contributed by atoms with van der Waals surface area (Å²) >= 11 is 0. The van der Waals surface area contributed by atoms with Gasteiger partial charge in [0.25, 0.3) is 0 Å². The Labute approximate surface area is 118 Å². The molecule has 0 aliphatic carbocycles. The van der Waals surface area contributed by atoms with Crippen LogP contribution in [0.2, 0.25) is 0 Å². The summed E-state index contributed by atoms with van der Waals surface area (Å²) in [4.78, 5) is 12.2. The van der Waals surface area contributed by atoms with E-state index in [1.54, 1.807) is 0 Å². The lowest BCUT2D eigenvalue weighted by atomic mass is 10.2. The highest BCUT2D eigenvalue weighted by molar-refractivity contribution is 7.90. The average molecular weight is 301 g/mol. The van der Waals surface area contributed by atoms with Gasteiger partial charge in [-0.2, -0.15) is 0 Å². The normalized spacial score (nSPS) is 13.2. The molecule has 0 saturated heterocycles. The highest BCUT2D eigenvalue weighted by atomic mass is 32.2. The van der Waals surface area contributed by atoms with E-state index in [0.29, 0.717) is 6.54 Å². The van der Waals surface area contributed by atoms with Gasteiger partial charge in [0.05, 0.1) is 4.92 Å². The maximum absolute atomic E-state index is 11.6. The predicted octanol–water partition coefficient (Wildman–Crippen LogP) is 1.36. The van der Waals surface area contributed by atoms with Gasteiger partial charge >= 0.3 is 5.69 Å². The molecule has 0 bridgehead atoms.